The predicted molar refractivity (Wildman–Crippen MR) is 114 cm³/mol. The topological polar surface area (TPSA) is 117 Å². The minimum atomic E-state index is -0.480. The van der Waals surface area contributed by atoms with E-state index in [0.29, 0.717) is 19.0 Å². The highest BCUT2D eigenvalue weighted by Gasteiger charge is 2.43. The first-order valence-corrected chi connectivity index (χ1v) is 10.8. The van der Waals surface area contributed by atoms with Crippen molar-refractivity contribution in [2.24, 2.45) is 5.41 Å². The van der Waals surface area contributed by atoms with Crippen LogP contribution in [-0.2, 0) is 21.6 Å². The fourth-order valence-electron chi connectivity index (χ4n) is 5.00. The summed E-state index contributed by atoms with van der Waals surface area (Å²) in [6.45, 7) is 8.92. The molecule has 1 spiro atoms. The van der Waals surface area contributed by atoms with Crippen LogP contribution in [0.25, 0.3) is 22.6 Å². The zero-order chi connectivity index (χ0) is 21.2. The molecular weight excluding hydrogens is 396 g/mol. The van der Waals surface area contributed by atoms with E-state index >= 15 is 0 Å². The molecule has 10 nitrogen and oxygen atoms in total. The molecule has 162 valence electrons. The summed E-state index contributed by atoms with van der Waals surface area (Å²) in [5, 5.41) is 0. The predicted octanol–water partition coefficient (Wildman–Crippen LogP) is 1.75. The smallest absolute Gasteiger partial charge is 0.219 e. The number of hydrogen-bond acceptors (Lipinski definition) is 9. The third-order valence-electron chi connectivity index (χ3n) is 6.75. The first-order chi connectivity index (χ1) is 14.9. The van der Waals surface area contributed by atoms with E-state index < -0.39 is 5.60 Å². The van der Waals surface area contributed by atoms with E-state index in [1.807, 2.05) is 13.8 Å². The highest BCUT2D eigenvalue weighted by Crippen LogP contribution is 2.42. The first-order valence-electron chi connectivity index (χ1n) is 10.8. The lowest BCUT2D eigenvalue weighted by atomic mass is 9.87. The Bertz CT molecular complexity index is 1150. The molecule has 1 unspecified atom stereocenters. The van der Waals surface area contributed by atoms with Crippen LogP contribution >= 0.6 is 0 Å². The van der Waals surface area contributed by atoms with E-state index in [2.05, 4.69) is 19.4 Å². The molecule has 2 saturated heterocycles. The van der Waals surface area contributed by atoms with Crippen LogP contribution in [0.15, 0.2) is 12.4 Å². The number of hydrogen-bond donors (Lipinski definition) is 1. The van der Waals surface area contributed by atoms with Gasteiger partial charge in [-0.1, -0.05) is 0 Å². The maximum Gasteiger partial charge on any atom is 0.219 e. The molecule has 0 aromatic carbocycles. The Morgan fingerprint density at radius 1 is 1.03 bits per heavy atom. The second-order valence-electron chi connectivity index (χ2n) is 9.29. The summed E-state index contributed by atoms with van der Waals surface area (Å²) in [7, 11) is 0. The molecule has 0 saturated carbocycles. The maximum atomic E-state index is 6.00. The summed E-state index contributed by atoms with van der Waals surface area (Å²) < 4.78 is 13.9. The summed E-state index contributed by atoms with van der Waals surface area (Å²) in [4.78, 5) is 25.5. The Morgan fingerprint density at radius 3 is 2.65 bits per heavy atom. The van der Waals surface area contributed by atoms with E-state index in [-0.39, 0.29) is 11.4 Å². The zero-order valence-electron chi connectivity index (χ0n) is 17.8. The van der Waals surface area contributed by atoms with Crippen molar-refractivity contribution in [3.8, 4) is 11.4 Å². The molecule has 31 heavy (non-hydrogen) atoms. The van der Waals surface area contributed by atoms with Gasteiger partial charge in [0.05, 0.1) is 18.8 Å². The number of aromatic nitrogens is 6. The van der Waals surface area contributed by atoms with Crippen molar-refractivity contribution < 1.29 is 9.47 Å². The molecule has 0 amide bonds. The van der Waals surface area contributed by atoms with E-state index in [4.69, 9.17) is 30.2 Å². The van der Waals surface area contributed by atoms with Gasteiger partial charge in [-0.25, -0.2) is 24.9 Å². The summed E-state index contributed by atoms with van der Waals surface area (Å²) in [5.74, 6) is 2.55. The van der Waals surface area contributed by atoms with Crippen molar-refractivity contribution in [2.75, 3.05) is 43.5 Å². The van der Waals surface area contributed by atoms with Crippen molar-refractivity contribution in [2.45, 2.75) is 38.8 Å². The Labute approximate surface area is 179 Å². The highest BCUT2D eigenvalue weighted by molar-refractivity contribution is 5.86. The quantitative estimate of drug-likeness (QED) is 0.659. The second-order valence-corrected chi connectivity index (χ2v) is 9.29. The molecule has 6 heterocycles. The van der Waals surface area contributed by atoms with Gasteiger partial charge in [-0.05, 0) is 26.7 Å². The Morgan fingerprint density at radius 2 is 1.87 bits per heavy atom. The lowest BCUT2D eigenvalue weighted by molar-refractivity contribution is -0.0530. The Hall–Kier alpha value is -2.85. The minimum absolute atomic E-state index is 0.212. The fourth-order valence-corrected chi connectivity index (χ4v) is 5.00. The van der Waals surface area contributed by atoms with Gasteiger partial charge in [-0.3, -0.25) is 0 Å². The van der Waals surface area contributed by atoms with E-state index in [9.17, 15) is 0 Å². The second kappa shape index (κ2) is 6.57. The van der Waals surface area contributed by atoms with Gasteiger partial charge in [-0.2, -0.15) is 0 Å². The average Bonchev–Trinajstić information content (AvgIpc) is 3.48. The fraction of sp³-hybridized carbons (Fsp3) is 0.571. The molecule has 10 heteroatoms. The number of imidazole rings is 1. The summed E-state index contributed by atoms with van der Waals surface area (Å²) in [5.41, 5.74) is 7.80. The van der Waals surface area contributed by atoms with Crippen LogP contribution in [0.5, 0.6) is 0 Å². The van der Waals surface area contributed by atoms with Crippen LogP contribution in [0.3, 0.4) is 0 Å². The first kappa shape index (κ1) is 18.9. The molecule has 6 rings (SSSR count). The minimum Gasteiger partial charge on any atom is -0.381 e. The van der Waals surface area contributed by atoms with Gasteiger partial charge in [0.2, 0.25) is 5.95 Å². The summed E-state index contributed by atoms with van der Waals surface area (Å²) in [6, 6.07) is 0. The lowest BCUT2D eigenvalue weighted by Gasteiger charge is -2.30. The maximum absolute atomic E-state index is 6.00. The third kappa shape index (κ3) is 2.96. The van der Waals surface area contributed by atoms with E-state index in [1.54, 1.807) is 12.4 Å². The highest BCUT2D eigenvalue weighted by atomic mass is 16.5. The summed E-state index contributed by atoms with van der Waals surface area (Å²) in [6.07, 6.45) is 5.53. The molecule has 2 fully saturated rings. The zero-order valence-corrected chi connectivity index (χ0v) is 17.8. The van der Waals surface area contributed by atoms with Gasteiger partial charge in [0.1, 0.15) is 11.4 Å². The molecule has 3 aromatic rings. The molecule has 3 aromatic heterocycles. The number of ether oxygens (including phenoxy) is 2. The lowest BCUT2D eigenvalue weighted by Crippen LogP contribution is -2.33. The molecular formula is C21H26N8O2. The average molecular weight is 422 g/mol. The monoisotopic (exact) mass is 422 g/mol. The van der Waals surface area contributed by atoms with Gasteiger partial charge in [0.25, 0.3) is 0 Å². The largest absolute Gasteiger partial charge is 0.381 e. The van der Waals surface area contributed by atoms with Gasteiger partial charge >= 0.3 is 0 Å². The normalized spacial score (nSPS) is 24.9. The number of nitrogen functional groups attached to an aromatic ring is 1. The van der Waals surface area contributed by atoms with Crippen LogP contribution < -0.4 is 10.6 Å². The standard InChI is InChI=1S/C21H26N8O2/c1-20(2)18-25-14-16(28-5-3-21(11-28)4-7-30-12-21)26-15(13-9-23-19(22)24-10-13)27-17(14)29(18)6-8-31-20/h9-10H,3-8,11-12H2,1-2H3,(H2,22,23,24). The number of rotatable bonds is 2. The molecule has 0 radical (unpaired) electrons. The van der Waals surface area contributed by atoms with Crippen molar-refractivity contribution >= 4 is 22.9 Å². The van der Waals surface area contributed by atoms with Gasteiger partial charge < -0.3 is 24.7 Å². The SMILES string of the molecule is CC1(C)OCCn2c1nc1c(N3CCC4(CCOC4)C3)nc(-c3cnc(N)nc3)nc12. The Kier molecular flexibility index (Phi) is 4.00. The molecule has 0 aliphatic carbocycles. The summed E-state index contributed by atoms with van der Waals surface area (Å²) >= 11 is 0. The van der Waals surface area contributed by atoms with E-state index in [0.717, 1.165) is 67.5 Å². The molecule has 3 aliphatic heterocycles. The van der Waals surface area contributed by atoms with Crippen molar-refractivity contribution in [3.63, 3.8) is 0 Å². The molecule has 0 bridgehead atoms. The van der Waals surface area contributed by atoms with Crippen LogP contribution in [0.2, 0.25) is 0 Å². The van der Waals surface area contributed by atoms with Crippen molar-refractivity contribution in [3.05, 3.63) is 18.2 Å². The molecule has 2 N–H and O–H groups in total. The van der Waals surface area contributed by atoms with Gasteiger partial charge in [-0.15, -0.1) is 0 Å². The van der Waals surface area contributed by atoms with Crippen LogP contribution in [-0.4, -0.2) is 62.4 Å². The number of anilines is 2. The number of fused-ring (bicyclic) bond motifs is 3. The Balaban J connectivity index is 1.54. The van der Waals surface area contributed by atoms with Gasteiger partial charge in [0, 0.05) is 44.0 Å². The molecule has 3 aliphatic rings. The number of nitrogens with two attached hydrogens (primary N) is 1. The van der Waals surface area contributed by atoms with Crippen LogP contribution in [0.1, 0.15) is 32.5 Å². The molecule has 1 atom stereocenters. The van der Waals surface area contributed by atoms with Gasteiger partial charge in [0.15, 0.2) is 22.8 Å². The van der Waals surface area contributed by atoms with Crippen LogP contribution in [0.4, 0.5) is 11.8 Å². The number of nitrogens with zero attached hydrogens (tertiary/aromatic N) is 7. The van der Waals surface area contributed by atoms with Crippen molar-refractivity contribution in [1.29, 1.82) is 0 Å². The van der Waals surface area contributed by atoms with Crippen LogP contribution in [0, 0.1) is 5.41 Å². The van der Waals surface area contributed by atoms with E-state index in [1.165, 1.54) is 0 Å². The third-order valence-corrected chi connectivity index (χ3v) is 6.75. The van der Waals surface area contributed by atoms with Crippen molar-refractivity contribution in [1.82, 2.24) is 29.5 Å².